The Morgan fingerprint density at radius 2 is 0.977 bits per heavy atom. The van der Waals surface area contributed by atoms with Crippen LogP contribution in [0.15, 0.2) is 169 Å². The van der Waals surface area contributed by atoms with Crippen LogP contribution in [0.1, 0.15) is 16.7 Å². The molecule has 0 heterocycles. The maximum Gasteiger partial charge on any atom is 0.119 e. The monoisotopic (exact) mass is 559 g/mol. The number of anilines is 5. The number of hydrogen-bond acceptors (Lipinski definition) is 4. The van der Waals surface area contributed by atoms with Crippen molar-refractivity contribution in [1.82, 2.24) is 0 Å². The minimum atomic E-state index is 0.539. The summed E-state index contributed by atoms with van der Waals surface area (Å²) < 4.78 is 6.07. The van der Waals surface area contributed by atoms with E-state index in [2.05, 4.69) is 121 Å². The molecule has 0 saturated heterocycles. The predicted octanol–water partition coefficient (Wildman–Crippen LogP) is 10.2. The summed E-state index contributed by atoms with van der Waals surface area (Å²) in [7, 11) is 0. The lowest BCUT2D eigenvalue weighted by molar-refractivity contribution is 0.306. The van der Waals surface area contributed by atoms with Crippen LogP contribution in [0.4, 0.5) is 28.4 Å². The third-order valence-corrected chi connectivity index (χ3v) is 7.11. The summed E-state index contributed by atoms with van der Waals surface area (Å²) in [6.45, 7) is 2.63. The number of rotatable bonds is 10. The van der Waals surface area contributed by atoms with Gasteiger partial charge in [-0.1, -0.05) is 96.6 Å². The molecule has 0 radical (unpaired) electrons. The van der Waals surface area contributed by atoms with Gasteiger partial charge in [0.05, 0.1) is 17.6 Å². The van der Waals surface area contributed by atoms with Crippen LogP contribution in [0.2, 0.25) is 0 Å². The van der Waals surface area contributed by atoms with Gasteiger partial charge in [0.15, 0.2) is 0 Å². The van der Waals surface area contributed by atoms with Crippen molar-refractivity contribution in [2.75, 3.05) is 9.91 Å². The zero-order valence-electron chi connectivity index (χ0n) is 24.1. The minimum Gasteiger partial charge on any atom is -0.489 e. The van der Waals surface area contributed by atoms with Gasteiger partial charge in [-0.05, 0) is 90.8 Å². The fraction of sp³-hybridized carbons (Fsp3) is 0.0513. The van der Waals surface area contributed by atoms with E-state index in [1.54, 1.807) is 0 Å². The van der Waals surface area contributed by atoms with Gasteiger partial charge in [-0.3, -0.25) is 0 Å². The summed E-state index contributed by atoms with van der Waals surface area (Å²) in [5.74, 6) is 0.838. The van der Waals surface area contributed by atoms with Crippen LogP contribution in [0, 0.1) is 6.92 Å². The third kappa shape index (κ3) is 7.00. The van der Waals surface area contributed by atoms with E-state index in [9.17, 15) is 0 Å². The summed E-state index contributed by atoms with van der Waals surface area (Å²) in [6, 6.07) is 55.9. The average Bonchev–Trinajstić information content (AvgIpc) is 3.07. The molecule has 0 unspecified atom stereocenters. The number of aryl methyl sites for hydroxylation is 1. The molecule has 6 aromatic carbocycles. The quantitative estimate of drug-likeness (QED) is 0.123. The molecule has 0 spiro atoms. The summed E-state index contributed by atoms with van der Waals surface area (Å²) in [5, 5.41) is 6.81. The Hall–Kier alpha value is -5.61. The number of nitrogens with zero attached hydrogens (tertiary/aromatic N) is 3. The zero-order valence-corrected chi connectivity index (χ0v) is 24.1. The molecular weight excluding hydrogens is 526 g/mol. The van der Waals surface area contributed by atoms with Crippen molar-refractivity contribution in [1.29, 1.82) is 0 Å². The van der Waals surface area contributed by atoms with E-state index in [0.717, 1.165) is 45.3 Å². The first-order chi connectivity index (χ1) is 21.2. The molecule has 6 aromatic rings. The van der Waals surface area contributed by atoms with Gasteiger partial charge in [-0.2, -0.15) is 5.10 Å². The number of benzene rings is 6. The molecule has 0 aliphatic carbocycles. The highest BCUT2D eigenvalue weighted by Gasteiger charge is 2.13. The molecule has 43 heavy (non-hydrogen) atoms. The lowest BCUT2D eigenvalue weighted by Gasteiger charge is -2.25. The molecule has 0 aliphatic heterocycles. The topological polar surface area (TPSA) is 28.1 Å². The average molecular weight is 560 g/mol. The van der Waals surface area contributed by atoms with Gasteiger partial charge < -0.3 is 9.64 Å². The molecule has 0 aromatic heterocycles. The van der Waals surface area contributed by atoms with Crippen LogP contribution in [-0.4, -0.2) is 6.21 Å². The maximum atomic E-state index is 6.07. The van der Waals surface area contributed by atoms with Crippen molar-refractivity contribution in [2.24, 2.45) is 5.10 Å². The second kappa shape index (κ2) is 13.4. The van der Waals surface area contributed by atoms with Crippen LogP contribution >= 0.6 is 0 Å². The Balaban J connectivity index is 1.23. The number of ether oxygens (including phenoxy) is 1. The van der Waals surface area contributed by atoms with Crippen molar-refractivity contribution < 1.29 is 4.74 Å². The second-order valence-corrected chi connectivity index (χ2v) is 10.3. The summed E-state index contributed by atoms with van der Waals surface area (Å²) in [5.41, 5.74) is 8.60. The molecule has 4 heteroatoms. The first-order valence-corrected chi connectivity index (χ1v) is 14.4. The largest absolute Gasteiger partial charge is 0.489 e. The molecule has 210 valence electrons. The first-order valence-electron chi connectivity index (χ1n) is 14.4. The summed E-state index contributed by atoms with van der Waals surface area (Å²) in [6.07, 6.45) is 1.90. The van der Waals surface area contributed by atoms with Crippen molar-refractivity contribution in [3.05, 3.63) is 180 Å². The molecule has 0 amide bonds. The summed E-state index contributed by atoms with van der Waals surface area (Å²) in [4.78, 5) is 2.24. The SMILES string of the molecule is Cc1ccc(COc2ccc(N(c3ccccc3)c3ccc(/C=N/N(c4ccccc4)c4ccccc4)cc3)cc2)cc1. The highest BCUT2D eigenvalue weighted by molar-refractivity contribution is 5.84. The van der Waals surface area contributed by atoms with Crippen LogP contribution in [-0.2, 0) is 6.61 Å². The minimum absolute atomic E-state index is 0.539. The van der Waals surface area contributed by atoms with Gasteiger partial charge in [-0.15, -0.1) is 0 Å². The lowest BCUT2D eigenvalue weighted by atomic mass is 10.1. The highest BCUT2D eigenvalue weighted by atomic mass is 16.5. The molecule has 4 nitrogen and oxygen atoms in total. The van der Waals surface area contributed by atoms with E-state index < -0.39 is 0 Å². The Bertz CT molecular complexity index is 1700. The van der Waals surface area contributed by atoms with E-state index in [1.165, 1.54) is 5.56 Å². The van der Waals surface area contributed by atoms with Crippen LogP contribution < -0.4 is 14.6 Å². The molecule has 0 N–H and O–H groups in total. The lowest BCUT2D eigenvalue weighted by Crippen LogP contribution is -2.10. The van der Waals surface area contributed by atoms with Gasteiger partial charge in [0.1, 0.15) is 12.4 Å². The molecule has 0 aliphatic rings. The van der Waals surface area contributed by atoms with Crippen molar-refractivity contribution >= 4 is 34.7 Å². The smallest absolute Gasteiger partial charge is 0.119 e. The fourth-order valence-corrected chi connectivity index (χ4v) is 4.82. The molecule has 0 saturated carbocycles. The second-order valence-electron chi connectivity index (χ2n) is 10.3. The van der Waals surface area contributed by atoms with Gasteiger partial charge >= 0.3 is 0 Å². The van der Waals surface area contributed by atoms with Crippen molar-refractivity contribution in [2.45, 2.75) is 13.5 Å². The van der Waals surface area contributed by atoms with E-state index in [0.29, 0.717) is 6.61 Å². The molecule has 0 atom stereocenters. The van der Waals surface area contributed by atoms with Gasteiger partial charge in [-0.25, -0.2) is 5.01 Å². The predicted molar refractivity (Wildman–Crippen MR) is 179 cm³/mol. The van der Waals surface area contributed by atoms with Gasteiger partial charge in [0.25, 0.3) is 0 Å². The molecule has 6 rings (SSSR count). The van der Waals surface area contributed by atoms with Gasteiger partial charge in [0, 0.05) is 17.1 Å². The van der Waals surface area contributed by atoms with E-state index >= 15 is 0 Å². The van der Waals surface area contributed by atoms with E-state index in [1.807, 2.05) is 65.8 Å². The van der Waals surface area contributed by atoms with Crippen LogP contribution in [0.5, 0.6) is 5.75 Å². The van der Waals surface area contributed by atoms with Gasteiger partial charge in [0.2, 0.25) is 0 Å². The maximum absolute atomic E-state index is 6.07. The normalized spacial score (nSPS) is 10.9. The van der Waals surface area contributed by atoms with Crippen molar-refractivity contribution in [3.63, 3.8) is 0 Å². The van der Waals surface area contributed by atoms with Crippen LogP contribution in [0.3, 0.4) is 0 Å². The Kier molecular flexibility index (Phi) is 8.57. The highest BCUT2D eigenvalue weighted by Crippen LogP contribution is 2.35. The zero-order chi connectivity index (χ0) is 29.3. The standard InChI is InChI=1S/C39H33N3O/c1-31-17-19-33(20-18-31)30-43-39-27-25-36(26-28-39)41(34-11-5-2-6-12-34)35-23-21-32(22-24-35)29-40-42(37-13-7-3-8-14-37)38-15-9-4-10-16-38/h2-29H,30H2,1H3/b40-29+. The van der Waals surface area contributed by atoms with Crippen molar-refractivity contribution in [3.8, 4) is 5.75 Å². The molecular formula is C39H33N3O. The Morgan fingerprint density at radius 1 is 0.512 bits per heavy atom. The van der Waals surface area contributed by atoms with E-state index in [4.69, 9.17) is 9.84 Å². The fourth-order valence-electron chi connectivity index (χ4n) is 4.82. The number of hydrazone groups is 1. The van der Waals surface area contributed by atoms with E-state index in [-0.39, 0.29) is 0 Å². The first kappa shape index (κ1) is 27.6. The Morgan fingerprint density at radius 3 is 1.51 bits per heavy atom. The number of hydrogen-bond donors (Lipinski definition) is 0. The summed E-state index contributed by atoms with van der Waals surface area (Å²) >= 11 is 0. The molecule has 0 bridgehead atoms. The molecule has 0 fully saturated rings. The Labute approximate surface area is 253 Å². The number of para-hydroxylation sites is 3. The van der Waals surface area contributed by atoms with Crippen LogP contribution in [0.25, 0.3) is 0 Å². The third-order valence-electron chi connectivity index (χ3n) is 7.11.